The normalized spacial score (nSPS) is 14.7. The van der Waals surface area contributed by atoms with E-state index in [1.165, 1.54) is 6.42 Å². The van der Waals surface area contributed by atoms with Crippen molar-refractivity contribution < 1.29 is 9.53 Å². The van der Waals surface area contributed by atoms with E-state index in [4.69, 9.17) is 4.74 Å². The van der Waals surface area contributed by atoms with Crippen molar-refractivity contribution in [1.29, 1.82) is 0 Å². The van der Waals surface area contributed by atoms with E-state index in [-0.39, 0.29) is 6.09 Å². The molecule has 0 aliphatic carbocycles. The molecule has 22 heavy (non-hydrogen) atoms. The lowest BCUT2D eigenvalue weighted by molar-refractivity contribution is 0.142. The first-order chi connectivity index (χ1) is 10.7. The Balaban J connectivity index is 1.66. The van der Waals surface area contributed by atoms with Crippen LogP contribution in [0, 0.1) is 0 Å². The quantitative estimate of drug-likeness (QED) is 0.746. The maximum absolute atomic E-state index is 12.1. The van der Waals surface area contributed by atoms with E-state index in [1.54, 1.807) is 4.90 Å². The average Bonchev–Trinajstić information content (AvgIpc) is 2.57. The second-order valence-electron chi connectivity index (χ2n) is 5.45. The van der Waals surface area contributed by atoms with Crippen LogP contribution in [0.3, 0.4) is 0 Å². The van der Waals surface area contributed by atoms with Crippen LogP contribution >= 0.6 is 15.9 Å². The number of benzene rings is 2. The van der Waals surface area contributed by atoms with Crippen molar-refractivity contribution in [3.05, 3.63) is 53.0 Å². The van der Waals surface area contributed by atoms with Crippen LogP contribution in [0.15, 0.2) is 53.0 Å². The molecule has 0 bridgehead atoms. The molecule has 0 N–H and O–H groups in total. The maximum atomic E-state index is 12.1. The van der Waals surface area contributed by atoms with Gasteiger partial charge in [0.15, 0.2) is 0 Å². The minimum absolute atomic E-state index is 0.240. The Morgan fingerprint density at radius 3 is 2.00 bits per heavy atom. The molecule has 1 saturated heterocycles. The van der Waals surface area contributed by atoms with Crippen LogP contribution in [-0.2, 0) is 0 Å². The number of hydrogen-bond donors (Lipinski definition) is 0. The molecule has 3 rings (SSSR count). The van der Waals surface area contributed by atoms with Crippen molar-refractivity contribution in [1.82, 2.24) is 4.90 Å². The maximum Gasteiger partial charge on any atom is 0.415 e. The second kappa shape index (κ2) is 6.97. The first-order valence-electron chi connectivity index (χ1n) is 7.55. The highest BCUT2D eigenvalue weighted by Crippen LogP contribution is 2.24. The van der Waals surface area contributed by atoms with Gasteiger partial charge in [0.1, 0.15) is 5.75 Å². The summed E-state index contributed by atoms with van der Waals surface area (Å²) in [5.74, 6) is 0.594. The molecule has 0 spiro atoms. The number of hydrogen-bond acceptors (Lipinski definition) is 2. The van der Waals surface area contributed by atoms with Gasteiger partial charge in [-0.1, -0.05) is 40.2 Å². The van der Waals surface area contributed by atoms with Gasteiger partial charge in [-0.2, -0.15) is 0 Å². The number of piperidine rings is 1. The summed E-state index contributed by atoms with van der Waals surface area (Å²) in [5, 5.41) is 0. The van der Waals surface area contributed by atoms with Gasteiger partial charge in [-0.05, 0) is 54.7 Å². The first-order valence-corrected chi connectivity index (χ1v) is 8.34. The Morgan fingerprint density at radius 1 is 0.864 bits per heavy atom. The fourth-order valence-electron chi connectivity index (χ4n) is 2.60. The Bertz CT molecular complexity index is 631. The molecule has 1 amide bonds. The first kappa shape index (κ1) is 15.1. The van der Waals surface area contributed by atoms with Crippen LogP contribution in [-0.4, -0.2) is 24.1 Å². The number of ether oxygens (including phenoxy) is 1. The van der Waals surface area contributed by atoms with E-state index in [1.807, 2.05) is 36.4 Å². The number of nitrogens with zero attached hydrogens (tertiary/aromatic N) is 1. The zero-order valence-electron chi connectivity index (χ0n) is 12.3. The Hall–Kier alpha value is -1.81. The van der Waals surface area contributed by atoms with Crippen molar-refractivity contribution in [2.45, 2.75) is 19.3 Å². The molecular formula is C18H18BrNO2. The fraction of sp³-hybridized carbons (Fsp3) is 0.278. The Morgan fingerprint density at radius 2 is 1.41 bits per heavy atom. The third-order valence-corrected chi connectivity index (χ3v) is 4.38. The van der Waals surface area contributed by atoms with Gasteiger partial charge in [-0.15, -0.1) is 0 Å². The zero-order valence-corrected chi connectivity index (χ0v) is 13.9. The summed E-state index contributed by atoms with van der Waals surface area (Å²) in [6, 6.07) is 15.8. The van der Waals surface area contributed by atoms with Crippen molar-refractivity contribution >= 4 is 22.0 Å². The van der Waals surface area contributed by atoms with Gasteiger partial charge >= 0.3 is 6.09 Å². The van der Waals surface area contributed by atoms with Gasteiger partial charge in [0.2, 0.25) is 0 Å². The SMILES string of the molecule is O=C(Oc1ccc(-c2ccc(Br)cc2)cc1)N1CCCCC1. The van der Waals surface area contributed by atoms with Crippen molar-refractivity contribution in [2.24, 2.45) is 0 Å². The number of likely N-dealkylation sites (tertiary alicyclic amines) is 1. The molecule has 0 unspecified atom stereocenters. The highest BCUT2D eigenvalue weighted by molar-refractivity contribution is 9.10. The third-order valence-electron chi connectivity index (χ3n) is 3.85. The highest BCUT2D eigenvalue weighted by Gasteiger charge is 2.18. The van der Waals surface area contributed by atoms with Crippen molar-refractivity contribution in [2.75, 3.05) is 13.1 Å². The number of halogens is 1. The molecule has 2 aromatic rings. The number of rotatable bonds is 2. The van der Waals surface area contributed by atoms with Crippen LogP contribution in [0.2, 0.25) is 0 Å². The summed E-state index contributed by atoms with van der Waals surface area (Å²) >= 11 is 3.43. The molecule has 0 saturated carbocycles. The number of carbonyl (C=O) groups is 1. The Labute approximate surface area is 139 Å². The summed E-state index contributed by atoms with van der Waals surface area (Å²) in [4.78, 5) is 13.8. The molecule has 0 radical (unpaired) electrons. The van der Waals surface area contributed by atoms with Gasteiger partial charge in [0, 0.05) is 17.6 Å². The topological polar surface area (TPSA) is 29.5 Å². The molecule has 1 heterocycles. The van der Waals surface area contributed by atoms with Gasteiger partial charge in [-0.3, -0.25) is 0 Å². The molecule has 0 atom stereocenters. The van der Waals surface area contributed by atoms with E-state index in [2.05, 4.69) is 28.1 Å². The molecule has 4 heteroatoms. The smallest absolute Gasteiger partial charge is 0.410 e. The zero-order chi connectivity index (χ0) is 15.4. The van der Waals surface area contributed by atoms with Gasteiger partial charge in [0.25, 0.3) is 0 Å². The molecular weight excluding hydrogens is 342 g/mol. The summed E-state index contributed by atoms with van der Waals surface area (Å²) in [5.41, 5.74) is 2.24. The van der Waals surface area contributed by atoms with Gasteiger partial charge in [-0.25, -0.2) is 4.79 Å². The van der Waals surface area contributed by atoms with Crippen LogP contribution in [0.25, 0.3) is 11.1 Å². The Kier molecular flexibility index (Phi) is 4.78. The second-order valence-corrected chi connectivity index (χ2v) is 6.36. The van der Waals surface area contributed by atoms with Crippen LogP contribution < -0.4 is 4.74 Å². The van der Waals surface area contributed by atoms with Crippen LogP contribution in [0.1, 0.15) is 19.3 Å². The largest absolute Gasteiger partial charge is 0.415 e. The van der Waals surface area contributed by atoms with Crippen LogP contribution in [0.5, 0.6) is 5.75 Å². The number of carbonyl (C=O) groups excluding carboxylic acids is 1. The molecule has 1 aliphatic heterocycles. The average molecular weight is 360 g/mol. The summed E-state index contributed by atoms with van der Waals surface area (Å²) in [6.45, 7) is 1.60. The lowest BCUT2D eigenvalue weighted by Crippen LogP contribution is -2.37. The minimum Gasteiger partial charge on any atom is -0.410 e. The highest BCUT2D eigenvalue weighted by atomic mass is 79.9. The van der Waals surface area contributed by atoms with E-state index >= 15 is 0 Å². The summed E-state index contributed by atoms with van der Waals surface area (Å²) in [6.07, 6.45) is 3.09. The lowest BCUT2D eigenvalue weighted by atomic mass is 10.1. The van der Waals surface area contributed by atoms with Crippen molar-refractivity contribution in [3.8, 4) is 16.9 Å². The van der Waals surface area contributed by atoms with E-state index in [9.17, 15) is 4.79 Å². The number of amides is 1. The van der Waals surface area contributed by atoms with Crippen LogP contribution in [0.4, 0.5) is 4.79 Å². The minimum atomic E-state index is -0.240. The van der Waals surface area contributed by atoms with E-state index in [0.717, 1.165) is 41.5 Å². The molecule has 3 nitrogen and oxygen atoms in total. The standard InChI is InChI=1S/C18H18BrNO2/c19-16-8-4-14(5-9-16)15-6-10-17(11-7-15)22-18(21)20-12-2-1-3-13-20/h4-11H,1-3,12-13H2. The fourth-order valence-corrected chi connectivity index (χ4v) is 2.86. The van der Waals surface area contributed by atoms with E-state index < -0.39 is 0 Å². The monoisotopic (exact) mass is 359 g/mol. The predicted molar refractivity (Wildman–Crippen MR) is 91.0 cm³/mol. The van der Waals surface area contributed by atoms with Gasteiger partial charge in [0.05, 0.1) is 0 Å². The summed E-state index contributed by atoms with van der Waals surface area (Å²) < 4.78 is 6.50. The predicted octanol–water partition coefficient (Wildman–Crippen LogP) is 5.10. The lowest BCUT2D eigenvalue weighted by Gasteiger charge is -2.25. The third kappa shape index (κ3) is 3.69. The molecule has 0 aromatic heterocycles. The van der Waals surface area contributed by atoms with Gasteiger partial charge < -0.3 is 9.64 Å². The molecule has 2 aromatic carbocycles. The van der Waals surface area contributed by atoms with E-state index in [0.29, 0.717) is 5.75 Å². The molecule has 1 fully saturated rings. The van der Waals surface area contributed by atoms with Crippen molar-refractivity contribution in [3.63, 3.8) is 0 Å². The summed E-state index contributed by atoms with van der Waals surface area (Å²) in [7, 11) is 0. The molecule has 114 valence electrons. The molecule has 1 aliphatic rings.